The van der Waals surface area contributed by atoms with Crippen molar-refractivity contribution in [2.24, 2.45) is 18.7 Å². The average Bonchev–Trinajstić information content (AvgIpc) is 3.22. The van der Waals surface area contributed by atoms with E-state index in [-0.39, 0.29) is 46.1 Å². The van der Waals surface area contributed by atoms with Gasteiger partial charge in [0.25, 0.3) is 11.8 Å². The number of primary amides is 1. The average molecular weight is 578 g/mol. The van der Waals surface area contributed by atoms with E-state index in [0.717, 1.165) is 6.42 Å². The van der Waals surface area contributed by atoms with E-state index < -0.39 is 21.8 Å². The lowest BCUT2D eigenvalue weighted by molar-refractivity contribution is -0.143. The van der Waals surface area contributed by atoms with Crippen LogP contribution in [-0.4, -0.2) is 66.6 Å². The number of benzene rings is 1. The Labute approximate surface area is 235 Å². The Morgan fingerprint density at radius 1 is 1.12 bits per heavy atom. The van der Waals surface area contributed by atoms with E-state index in [0.29, 0.717) is 57.5 Å². The molecule has 220 valence electrons. The first kappa shape index (κ1) is 31.1. The maximum atomic E-state index is 13.5. The monoisotopic (exact) mass is 577 g/mol. The largest absolute Gasteiger partial charge is 0.493 e. The number of hydrogen-bond acceptors (Lipinski definition) is 8. The van der Waals surface area contributed by atoms with Crippen molar-refractivity contribution in [1.29, 1.82) is 0 Å². The Morgan fingerprint density at radius 2 is 1.82 bits per heavy atom. The first-order chi connectivity index (χ1) is 19.0. The number of piperidine rings is 1. The van der Waals surface area contributed by atoms with Crippen molar-refractivity contribution in [2.75, 3.05) is 31.6 Å². The third kappa shape index (κ3) is 7.19. The van der Waals surface area contributed by atoms with Crippen LogP contribution in [0.1, 0.15) is 79.4 Å². The molecule has 1 aromatic carbocycles. The second-order valence-electron chi connectivity index (χ2n) is 9.64. The number of esters is 1. The number of carbonyl (C=O) groups excluding carboxylic acids is 3. The number of carbonyl (C=O) groups is 3. The summed E-state index contributed by atoms with van der Waals surface area (Å²) in [5, 5.41) is 7.05. The van der Waals surface area contributed by atoms with Crippen molar-refractivity contribution in [1.82, 2.24) is 14.1 Å². The molecule has 0 aliphatic carbocycles. The Balaban J connectivity index is 1.84. The number of ether oxygens (including phenoxy) is 2. The van der Waals surface area contributed by atoms with Crippen LogP contribution in [0.15, 0.2) is 23.1 Å². The van der Waals surface area contributed by atoms with Gasteiger partial charge in [0.1, 0.15) is 11.4 Å². The minimum Gasteiger partial charge on any atom is -0.493 e. The van der Waals surface area contributed by atoms with Crippen LogP contribution in [0.2, 0.25) is 0 Å². The molecule has 0 unspecified atom stereocenters. The smallest absolute Gasteiger partial charge is 0.305 e. The molecule has 3 rings (SSSR count). The number of aryl methyl sites for hydroxylation is 2. The number of rotatable bonds is 13. The minimum atomic E-state index is -3.90. The molecule has 1 saturated heterocycles. The maximum absolute atomic E-state index is 13.5. The normalized spacial score (nSPS) is 14.6. The van der Waals surface area contributed by atoms with E-state index in [1.54, 1.807) is 20.9 Å². The molecule has 1 aromatic heterocycles. The highest BCUT2D eigenvalue weighted by atomic mass is 32.2. The molecule has 0 bridgehead atoms. The van der Waals surface area contributed by atoms with Crippen LogP contribution >= 0.6 is 0 Å². The van der Waals surface area contributed by atoms with Crippen molar-refractivity contribution in [3.63, 3.8) is 0 Å². The molecule has 40 heavy (non-hydrogen) atoms. The first-order valence-electron chi connectivity index (χ1n) is 13.6. The molecular weight excluding hydrogens is 538 g/mol. The van der Waals surface area contributed by atoms with Gasteiger partial charge in [-0.05, 0) is 63.6 Å². The summed E-state index contributed by atoms with van der Waals surface area (Å²) in [5.74, 6) is -1.20. The summed E-state index contributed by atoms with van der Waals surface area (Å²) in [6.07, 6.45) is 3.44. The molecule has 12 nitrogen and oxygen atoms in total. The molecule has 1 aliphatic heterocycles. The molecule has 1 fully saturated rings. The van der Waals surface area contributed by atoms with Crippen molar-refractivity contribution in [3.05, 3.63) is 35.2 Å². The molecule has 0 saturated carbocycles. The van der Waals surface area contributed by atoms with Crippen LogP contribution in [0.5, 0.6) is 5.75 Å². The summed E-state index contributed by atoms with van der Waals surface area (Å²) < 4.78 is 40.4. The van der Waals surface area contributed by atoms with Gasteiger partial charge in [-0.2, -0.15) is 9.40 Å². The highest BCUT2D eigenvalue weighted by molar-refractivity contribution is 7.89. The summed E-state index contributed by atoms with van der Waals surface area (Å²) >= 11 is 0. The predicted octanol–water partition coefficient (Wildman–Crippen LogP) is 2.87. The van der Waals surface area contributed by atoms with E-state index in [1.165, 1.54) is 27.2 Å². The van der Waals surface area contributed by atoms with Crippen molar-refractivity contribution < 1.29 is 32.3 Å². The van der Waals surface area contributed by atoms with Crippen molar-refractivity contribution in [3.8, 4) is 5.75 Å². The number of sulfonamides is 1. The van der Waals surface area contributed by atoms with Crippen LogP contribution in [0, 0.1) is 5.92 Å². The summed E-state index contributed by atoms with van der Waals surface area (Å²) in [6, 6.07) is 4.18. The van der Waals surface area contributed by atoms with Gasteiger partial charge in [0.15, 0.2) is 0 Å². The highest BCUT2D eigenvalue weighted by Crippen LogP contribution is 2.30. The summed E-state index contributed by atoms with van der Waals surface area (Å²) in [4.78, 5) is 37.2. The fraction of sp³-hybridized carbons (Fsp3) is 0.556. The van der Waals surface area contributed by atoms with E-state index in [2.05, 4.69) is 10.4 Å². The molecular formula is C27H39N5O7S. The van der Waals surface area contributed by atoms with Crippen LogP contribution in [0.25, 0.3) is 0 Å². The maximum Gasteiger partial charge on any atom is 0.305 e. The van der Waals surface area contributed by atoms with Crippen molar-refractivity contribution in [2.45, 2.75) is 64.2 Å². The number of aromatic nitrogens is 2. The van der Waals surface area contributed by atoms with E-state index in [1.807, 2.05) is 6.92 Å². The number of nitrogens with two attached hydrogens (primary N) is 1. The van der Waals surface area contributed by atoms with Gasteiger partial charge in [0.2, 0.25) is 10.0 Å². The van der Waals surface area contributed by atoms with Crippen molar-refractivity contribution >= 4 is 33.5 Å². The lowest BCUT2D eigenvalue weighted by Gasteiger charge is -2.31. The fourth-order valence-corrected chi connectivity index (χ4v) is 6.35. The molecule has 0 atom stereocenters. The Kier molecular flexibility index (Phi) is 10.7. The standard InChI is InChI=1S/C27H39N5O7S/c1-5-8-21-24(25(26(28)34)31(4)30-21)29-27(35)20-17-19(10-11-22(20)38-6-2)40(36,37)32-15-13-18(14-16-32)9-12-23(33)39-7-3/h10-11,17-18H,5-9,12-16H2,1-4H3,(H2,28,34)(H,29,35). The summed E-state index contributed by atoms with van der Waals surface area (Å²) in [5.41, 5.74) is 6.30. The molecule has 0 spiro atoms. The molecule has 2 heterocycles. The van der Waals surface area contributed by atoms with Gasteiger partial charge in [-0.3, -0.25) is 19.1 Å². The van der Waals surface area contributed by atoms with Crippen LogP contribution in [-0.2, 0) is 33.0 Å². The second kappa shape index (κ2) is 13.8. The highest BCUT2D eigenvalue weighted by Gasteiger charge is 2.31. The predicted molar refractivity (Wildman–Crippen MR) is 149 cm³/mol. The first-order valence-corrected chi connectivity index (χ1v) is 15.1. The molecule has 2 aromatic rings. The second-order valence-corrected chi connectivity index (χ2v) is 11.6. The van der Waals surface area contributed by atoms with Gasteiger partial charge in [-0.1, -0.05) is 13.3 Å². The van der Waals surface area contributed by atoms with Gasteiger partial charge in [0.05, 0.1) is 35.1 Å². The third-order valence-corrected chi connectivity index (χ3v) is 8.74. The van der Waals surface area contributed by atoms with Gasteiger partial charge >= 0.3 is 5.97 Å². The number of hydrogen-bond donors (Lipinski definition) is 2. The third-order valence-electron chi connectivity index (χ3n) is 6.85. The SMILES string of the molecule is CCCc1nn(C)c(C(N)=O)c1NC(=O)c1cc(S(=O)(=O)N2CCC(CCC(=O)OCC)CC2)ccc1OCC. The number of nitrogens with zero attached hydrogens (tertiary/aromatic N) is 3. The molecule has 13 heteroatoms. The van der Waals surface area contributed by atoms with E-state index >= 15 is 0 Å². The zero-order valence-electron chi connectivity index (χ0n) is 23.6. The topological polar surface area (TPSA) is 163 Å². The molecule has 0 radical (unpaired) electrons. The van der Waals surface area contributed by atoms with Crippen LogP contribution in [0.3, 0.4) is 0 Å². The Hall–Kier alpha value is -3.45. The summed E-state index contributed by atoms with van der Waals surface area (Å²) in [7, 11) is -2.34. The molecule has 1 aliphatic rings. The van der Waals surface area contributed by atoms with Crippen LogP contribution in [0.4, 0.5) is 5.69 Å². The number of nitrogens with one attached hydrogen (secondary N) is 1. The zero-order valence-corrected chi connectivity index (χ0v) is 24.4. The summed E-state index contributed by atoms with van der Waals surface area (Å²) in [6.45, 7) is 6.67. The Morgan fingerprint density at radius 3 is 2.42 bits per heavy atom. The quantitative estimate of drug-likeness (QED) is 0.343. The number of anilines is 1. The zero-order chi connectivity index (χ0) is 29.4. The van der Waals surface area contributed by atoms with E-state index in [9.17, 15) is 22.8 Å². The van der Waals surface area contributed by atoms with Gasteiger partial charge in [0, 0.05) is 26.6 Å². The molecule has 3 N–H and O–H groups in total. The fourth-order valence-electron chi connectivity index (χ4n) is 4.86. The number of amides is 2. The molecule has 2 amide bonds. The minimum absolute atomic E-state index is 0.00831. The van der Waals surface area contributed by atoms with E-state index in [4.69, 9.17) is 15.2 Å². The van der Waals surface area contributed by atoms with Gasteiger partial charge in [-0.25, -0.2) is 8.42 Å². The Bertz CT molecular complexity index is 1330. The lowest BCUT2D eigenvalue weighted by atomic mass is 9.93. The van der Waals surface area contributed by atoms with Crippen LogP contribution < -0.4 is 15.8 Å². The lowest BCUT2D eigenvalue weighted by Crippen LogP contribution is -2.38. The van der Waals surface area contributed by atoms with Gasteiger partial charge in [-0.15, -0.1) is 0 Å². The van der Waals surface area contributed by atoms with Gasteiger partial charge < -0.3 is 20.5 Å².